The van der Waals surface area contributed by atoms with Crippen molar-refractivity contribution in [1.82, 2.24) is 4.98 Å². The molecule has 0 fully saturated rings. The molecule has 1 aromatic heterocycles. The Bertz CT molecular complexity index is 1170. The van der Waals surface area contributed by atoms with Gasteiger partial charge in [0.15, 0.2) is 11.5 Å². The Morgan fingerprint density at radius 2 is 1.81 bits per heavy atom. The summed E-state index contributed by atoms with van der Waals surface area (Å²) in [6.45, 7) is 3.26. The molecule has 3 heterocycles. The van der Waals surface area contributed by atoms with Gasteiger partial charge in [0.1, 0.15) is 19.0 Å². The molecule has 2 aromatic carbocycles. The van der Waals surface area contributed by atoms with Crippen molar-refractivity contribution in [3.63, 3.8) is 0 Å². The van der Waals surface area contributed by atoms with Crippen LogP contribution < -0.4 is 13.8 Å². The number of nitrogens with zero attached hydrogens (tertiary/aromatic N) is 2. The van der Waals surface area contributed by atoms with Gasteiger partial charge < -0.3 is 9.47 Å². The molecule has 2 aliphatic heterocycles. The number of sulfonamides is 1. The molecule has 5 rings (SSSR count). The highest BCUT2D eigenvalue weighted by Crippen LogP contribution is 2.37. The quantitative estimate of drug-likeness (QED) is 0.681. The van der Waals surface area contributed by atoms with Gasteiger partial charge in [-0.15, -0.1) is 0 Å². The molecule has 0 atom stereocenters. The van der Waals surface area contributed by atoms with Crippen molar-refractivity contribution in [2.75, 3.05) is 24.1 Å². The van der Waals surface area contributed by atoms with E-state index in [2.05, 4.69) is 4.98 Å². The van der Waals surface area contributed by atoms with Crippen molar-refractivity contribution in [2.24, 2.45) is 0 Å². The Morgan fingerprint density at radius 1 is 1.00 bits per heavy atom. The van der Waals surface area contributed by atoms with Crippen LogP contribution in [0.15, 0.2) is 47.4 Å². The third-order valence-electron chi connectivity index (χ3n) is 4.95. The van der Waals surface area contributed by atoms with Gasteiger partial charge in [0.05, 0.1) is 10.4 Å². The summed E-state index contributed by atoms with van der Waals surface area (Å²) in [7, 11) is -3.73. The van der Waals surface area contributed by atoms with Crippen LogP contribution in [0.4, 0.5) is 5.82 Å². The van der Waals surface area contributed by atoms with Crippen LogP contribution >= 0.6 is 0 Å². The van der Waals surface area contributed by atoms with E-state index in [1.165, 1.54) is 10.4 Å². The molecular formula is C20H18N2O4S. The van der Waals surface area contributed by atoms with Gasteiger partial charge in [-0.3, -0.25) is 0 Å². The average Bonchev–Trinajstić information content (AvgIpc) is 3.09. The molecule has 0 saturated heterocycles. The molecule has 0 spiro atoms. The lowest BCUT2D eigenvalue weighted by molar-refractivity contribution is 0.171. The molecule has 2 aliphatic rings. The fraction of sp³-hybridized carbons (Fsp3) is 0.250. The molecule has 0 amide bonds. The normalized spacial score (nSPS) is 15.8. The first kappa shape index (κ1) is 16.4. The van der Waals surface area contributed by atoms with E-state index in [1.807, 2.05) is 31.2 Å². The molecule has 0 aliphatic carbocycles. The average molecular weight is 382 g/mol. The number of aryl methyl sites for hydroxylation is 1. The Labute approximate surface area is 157 Å². The zero-order chi connectivity index (χ0) is 18.6. The fourth-order valence-corrected chi connectivity index (χ4v) is 5.05. The van der Waals surface area contributed by atoms with E-state index in [4.69, 9.17) is 9.47 Å². The van der Waals surface area contributed by atoms with E-state index in [1.54, 1.807) is 12.1 Å². The number of hydrogen-bond acceptors (Lipinski definition) is 5. The lowest BCUT2D eigenvalue weighted by Crippen LogP contribution is -2.30. The molecule has 0 radical (unpaired) electrons. The summed E-state index contributed by atoms with van der Waals surface area (Å²) in [6, 6.07) is 12.8. The first-order chi connectivity index (χ1) is 13.0. The third kappa shape index (κ3) is 2.61. The van der Waals surface area contributed by atoms with Gasteiger partial charge in [0.25, 0.3) is 10.0 Å². The molecule has 7 heteroatoms. The highest BCUT2D eigenvalue weighted by molar-refractivity contribution is 7.92. The zero-order valence-corrected chi connectivity index (χ0v) is 15.6. The summed E-state index contributed by atoms with van der Waals surface area (Å²) >= 11 is 0. The number of benzene rings is 2. The van der Waals surface area contributed by atoms with Crippen LogP contribution in [0.5, 0.6) is 11.5 Å². The number of anilines is 1. The van der Waals surface area contributed by atoms with Crippen LogP contribution in [0.2, 0.25) is 0 Å². The van der Waals surface area contributed by atoms with Gasteiger partial charge in [-0.25, -0.2) is 17.7 Å². The van der Waals surface area contributed by atoms with Gasteiger partial charge in [-0.05, 0) is 48.7 Å². The van der Waals surface area contributed by atoms with Crippen molar-refractivity contribution < 1.29 is 17.9 Å². The predicted molar refractivity (Wildman–Crippen MR) is 102 cm³/mol. The van der Waals surface area contributed by atoms with Gasteiger partial charge >= 0.3 is 0 Å². The minimum atomic E-state index is -3.73. The van der Waals surface area contributed by atoms with Crippen molar-refractivity contribution in [2.45, 2.75) is 18.2 Å². The van der Waals surface area contributed by atoms with Crippen LogP contribution in [-0.2, 0) is 16.4 Å². The van der Waals surface area contributed by atoms with Gasteiger partial charge in [0, 0.05) is 18.0 Å². The van der Waals surface area contributed by atoms with E-state index in [0.717, 1.165) is 22.0 Å². The third-order valence-corrected chi connectivity index (χ3v) is 6.74. The summed E-state index contributed by atoms with van der Waals surface area (Å²) in [6.07, 6.45) is 0.649. The molecule has 0 unspecified atom stereocenters. The number of aromatic nitrogens is 1. The number of pyridine rings is 1. The van der Waals surface area contributed by atoms with Crippen LogP contribution in [0.1, 0.15) is 11.1 Å². The topological polar surface area (TPSA) is 68.7 Å². The molecule has 0 saturated carbocycles. The van der Waals surface area contributed by atoms with Crippen molar-refractivity contribution in [3.05, 3.63) is 53.6 Å². The predicted octanol–water partition coefficient (Wildman–Crippen LogP) is 3.07. The highest BCUT2D eigenvalue weighted by atomic mass is 32.2. The van der Waals surface area contributed by atoms with Crippen molar-refractivity contribution in [3.8, 4) is 11.5 Å². The van der Waals surface area contributed by atoms with E-state index >= 15 is 0 Å². The summed E-state index contributed by atoms with van der Waals surface area (Å²) in [4.78, 5) is 4.85. The molecule has 27 heavy (non-hydrogen) atoms. The fourth-order valence-electron chi connectivity index (χ4n) is 3.58. The minimum Gasteiger partial charge on any atom is -0.486 e. The standard InChI is InChI=1S/C20H18N2O4S/c1-13-2-3-14-11-15-6-7-22(20(15)21-17(14)10-13)27(23,24)16-4-5-18-19(12-16)26-9-8-25-18/h2-5,10-12H,6-9H2,1H3. The van der Waals surface area contributed by atoms with E-state index < -0.39 is 10.0 Å². The maximum Gasteiger partial charge on any atom is 0.265 e. The Kier molecular flexibility index (Phi) is 3.55. The Morgan fingerprint density at radius 3 is 2.67 bits per heavy atom. The lowest BCUT2D eigenvalue weighted by atomic mass is 10.1. The van der Waals surface area contributed by atoms with Crippen LogP contribution in [0.25, 0.3) is 10.9 Å². The van der Waals surface area contributed by atoms with Gasteiger partial charge in [-0.1, -0.05) is 12.1 Å². The number of rotatable bonds is 2. The molecular weight excluding hydrogens is 364 g/mol. The minimum absolute atomic E-state index is 0.186. The largest absolute Gasteiger partial charge is 0.486 e. The number of fused-ring (bicyclic) bond motifs is 3. The Hall–Kier alpha value is -2.80. The maximum absolute atomic E-state index is 13.3. The first-order valence-electron chi connectivity index (χ1n) is 8.85. The molecule has 3 aromatic rings. The second-order valence-electron chi connectivity index (χ2n) is 6.80. The first-order valence-corrected chi connectivity index (χ1v) is 10.3. The molecule has 0 N–H and O–H groups in total. The van der Waals surface area contributed by atoms with Gasteiger partial charge in [0.2, 0.25) is 0 Å². The lowest BCUT2D eigenvalue weighted by Gasteiger charge is -2.22. The highest BCUT2D eigenvalue weighted by Gasteiger charge is 2.33. The monoisotopic (exact) mass is 382 g/mol. The summed E-state index contributed by atoms with van der Waals surface area (Å²) in [5.74, 6) is 1.55. The molecule has 6 nitrogen and oxygen atoms in total. The van der Waals surface area contributed by atoms with Crippen molar-refractivity contribution >= 4 is 26.7 Å². The zero-order valence-electron chi connectivity index (χ0n) is 14.8. The second-order valence-corrected chi connectivity index (χ2v) is 8.66. The van der Waals surface area contributed by atoms with Crippen LogP contribution in [0.3, 0.4) is 0 Å². The second kappa shape index (κ2) is 5.85. The summed E-state index contributed by atoms with van der Waals surface area (Å²) < 4.78 is 39.0. The van der Waals surface area contributed by atoms with Crippen LogP contribution in [0, 0.1) is 6.92 Å². The van der Waals surface area contributed by atoms with Crippen molar-refractivity contribution in [1.29, 1.82) is 0 Å². The maximum atomic E-state index is 13.3. The van der Waals surface area contributed by atoms with E-state index in [9.17, 15) is 8.42 Å². The van der Waals surface area contributed by atoms with Crippen LogP contribution in [-0.4, -0.2) is 33.2 Å². The van der Waals surface area contributed by atoms with E-state index in [-0.39, 0.29) is 4.90 Å². The van der Waals surface area contributed by atoms with Gasteiger partial charge in [-0.2, -0.15) is 0 Å². The summed E-state index contributed by atoms with van der Waals surface area (Å²) in [5, 5.41) is 1.03. The summed E-state index contributed by atoms with van der Waals surface area (Å²) in [5.41, 5.74) is 2.85. The molecule has 0 bridgehead atoms. The SMILES string of the molecule is Cc1ccc2cc3c(nc2c1)N(S(=O)(=O)c1ccc2c(c1)OCCO2)CC3. The molecule has 138 valence electrons. The smallest absolute Gasteiger partial charge is 0.265 e. The number of ether oxygens (including phenoxy) is 2. The Balaban J connectivity index is 1.60. The number of hydrogen-bond donors (Lipinski definition) is 0. The van der Waals surface area contributed by atoms with E-state index in [0.29, 0.717) is 43.5 Å².